The Morgan fingerprint density at radius 1 is 1.12 bits per heavy atom. The minimum absolute atomic E-state index is 0.223. The van der Waals surface area contributed by atoms with Gasteiger partial charge < -0.3 is 14.4 Å². The van der Waals surface area contributed by atoms with Crippen molar-refractivity contribution in [2.24, 2.45) is 0 Å². The SMILES string of the molecule is Cc1nc(F)cc2c3ccc(O)cc3n(CCCCN3CCOCC3)c12. The van der Waals surface area contributed by atoms with Crippen molar-refractivity contribution in [2.45, 2.75) is 26.3 Å². The van der Waals surface area contributed by atoms with E-state index in [2.05, 4.69) is 14.5 Å². The zero-order chi connectivity index (χ0) is 18.1. The molecule has 1 aromatic carbocycles. The topological polar surface area (TPSA) is 50.5 Å². The highest BCUT2D eigenvalue weighted by Gasteiger charge is 2.16. The number of nitrogens with zero attached hydrogens (tertiary/aromatic N) is 3. The maximum atomic E-state index is 13.8. The smallest absolute Gasteiger partial charge is 0.213 e. The molecule has 1 N–H and O–H groups in total. The van der Waals surface area contributed by atoms with E-state index in [1.54, 1.807) is 12.1 Å². The molecule has 1 aliphatic rings. The lowest BCUT2D eigenvalue weighted by molar-refractivity contribution is 0.0371. The number of rotatable bonds is 5. The van der Waals surface area contributed by atoms with Gasteiger partial charge in [0.25, 0.3) is 0 Å². The normalized spacial score (nSPS) is 15.9. The molecule has 5 nitrogen and oxygen atoms in total. The number of morpholine rings is 1. The minimum atomic E-state index is -0.463. The summed E-state index contributed by atoms with van der Waals surface area (Å²) in [6.45, 7) is 7.39. The first kappa shape index (κ1) is 17.2. The van der Waals surface area contributed by atoms with Crippen LogP contribution in [0.5, 0.6) is 5.75 Å². The highest BCUT2D eigenvalue weighted by atomic mass is 19.1. The maximum absolute atomic E-state index is 13.8. The molecule has 0 amide bonds. The fourth-order valence-corrected chi connectivity index (χ4v) is 3.93. The third kappa shape index (κ3) is 3.27. The van der Waals surface area contributed by atoms with Crippen LogP contribution in [0, 0.1) is 12.9 Å². The van der Waals surface area contributed by atoms with Crippen molar-refractivity contribution < 1.29 is 14.2 Å². The molecule has 6 heteroatoms. The molecule has 4 rings (SSSR count). The summed E-state index contributed by atoms with van der Waals surface area (Å²) in [5, 5.41) is 11.7. The van der Waals surface area contributed by atoms with Crippen LogP contribution < -0.4 is 0 Å². The number of benzene rings is 1. The van der Waals surface area contributed by atoms with Crippen LogP contribution in [-0.2, 0) is 11.3 Å². The Morgan fingerprint density at radius 2 is 1.88 bits per heavy atom. The van der Waals surface area contributed by atoms with Crippen molar-refractivity contribution in [3.8, 4) is 5.75 Å². The Balaban J connectivity index is 1.61. The number of aromatic nitrogens is 2. The van der Waals surface area contributed by atoms with Crippen molar-refractivity contribution >= 4 is 21.8 Å². The van der Waals surface area contributed by atoms with Gasteiger partial charge in [-0.1, -0.05) is 0 Å². The molecule has 1 aliphatic heterocycles. The van der Waals surface area contributed by atoms with E-state index in [1.165, 1.54) is 6.07 Å². The number of phenolic OH excluding ortho intramolecular Hbond substituents is 1. The number of phenols is 1. The lowest BCUT2D eigenvalue weighted by Crippen LogP contribution is -2.36. The van der Waals surface area contributed by atoms with Crippen LogP contribution in [0.15, 0.2) is 24.3 Å². The fraction of sp³-hybridized carbons (Fsp3) is 0.450. The predicted molar refractivity (Wildman–Crippen MR) is 100 cm³/mol. The van der Waals surface area contributed by atoms with Gasteiger partial charge in [-0.05, 0) is 38.4 Å². The molecule has 3 heterocycles. The summed E-state index contributed by atoms with van der Waals surface area (Å²) >= 11 is 0. The predicted octanol–water partition coefficient (Wildman–Crippen LogP) is 3.46. The zero-order valence-electron chi connectivity index (χ0n) is 15.0. The highest BCUT2D eigenvalue weighted by molar-refractivity contribution is 6.09. The van der Waals surface area contributed by atoms with Crippen LogP contribution in [0.1, 0.15) is 18.5 Å². The number of hydrogen-bond donors (Lipinski definition) is 1. The summed E-state index contributed by atoms with van der Waals surface area (Å²) in [5.41, 5.74) is 2.57. The Labute approximate surface area is 152 Å². The monoisotopic (exact) mass is 357 g/mol. The third-order valence-electron chi connectivity index (χ3n) is 5.18. The number of aryl methyl sites for hydroxylation is 2. The molecule has 1 saturated heterocycles. The van der Waals surface area contributed by atoms with Gasteiger partial charge in [0.2, 0.25) is 5.95 Å². The summed E-state index contributed by atoms with van der Waals surface area (Å²) in [7, 11) is 0. The molecule has 2 aromatic heterocycles. The number of hydrogen-bond acceptors (Lipinski definition) is 4. The molecule has 0 bridgehead atoms. The van der Waals surface area contributed by atoms with Crippen LogP contribution >= 0.6 is 0 Å². The lowest BCUT2D eigenvalue weighted by atomic mass is 10.1. The number of pyridine rings is 1. The summed E-state index contributed by atoms with van der Waals surface area (Å²) in [6, 6.07) is 6.76. The van der Waals surface area contributed by atoms with Gasteiger partial charge in [0, 0.05) is 42.5 Å². The Hall–Kier alpha value is -2.18. The Kier molecular flexibility index (Phi) is 4.78. The van der Waals surface area contributed by atoms with Gasteiger partial charge in [0.15, 0.2) is 0 Å². The van der Waals surface area contributed by atoms with E-state index in [0.29, 0.717) is 5.69 Å². The van der Waals surface area contributed by atoms with E-state index >= 15 is 0 Å². The maximum Gasteiger partial charge on any atom is 0.213 e. The van der Waals surface area contributed by atoms with Crippen molar-refractivity contribution in [2.75, 3.05) is 32.8 Å². The molecule has 3 aromatic rings. The minimum Gasteiger partial charge on any atom is -0.508 e. The standard InChI is InChI=1S/C20H24FN3O2/c1-14-20-17(13-19(21)22-14)16-5-4-15(25)12-18(16)24(20)7-3-2-6-23-8-10-26-11-9-23/h4-5,12-13,25H,2-3,6-11H2,1H3. The third-order valence-corrected chi connectivity index (χ3v) is 5.18. The molecular weight excluding hydrogens is 333 g/mol. The fourth-order valence-electron chi connectivity index (χ4n) is 3.93. The molecule has 0 atom stereocenters. The first-order valence-corrected chi connectivity index (χ1v) is 9.21. The molecule has 0 aliphatic carbocycles. The van der Waals surface area contributed by atoms with Crippen LogP contribution in [0.2, 0.25) is 0 Å². The molecule has 1 fully saturated rings. The molecule has 0 saturated carbocycles. The number of ether oxygens (including phenoxy) is 1. The Bertz CT molecular complexity index is 932. The Morgan fingerprint density at radius 3 is 2.69 bits per heavy atom. The summed E-state index contributed by atoms with van der Waals surface area (Å²) in [6.07, 6.45) is 2.11. The molecule has 138 valence electrons. The second-order valence-corrected chi connectivity index (χ2v) is 6.94. The second kappa shape index (κ2) is 7.21. The van der Waals surface area contributed by atoms with Crippen LogP contribution in [0.25, 0.3) is 21.8 Å². The largest absolute Gasteiger partial charge is 0.508 e. The van der Waals surface area contributed by atoms with Gasteiger partial charge in [0.05, 0.1) is 29.9 Å². The first-order valence-electron chi connectivity index (χ1n) is 9.21. The van der Waals surface area contributed by atoms with E-state index in [1.807, 2.05) is 13.0 Å². The van der Waals surface area contributed by atoms with Crippen LogP contribution in [0.4, 0.5) is 4.39 Å². The van der Waals surface area contributed by atoms with Crippen molar-refractivity contribution in [3.63, 3.8) is 0 Å². The van der Waals surface area contributed by atoms with Gasteiger partial charge in [-0.25, -0.2) is 4.98 Å². The lowest BCUT2D eigenvalue weighted by Gasteiger charge is -2.26. The van der Waals surface area contributed by atoms with Gasteiger partial charge in [-0.2, -0.15) is 4.39 Å². The van der Waals surface area contributed by atoms with Gasteiger partial charge in [0.1, 0.15) is 5.75 Å². The zero-order valence-corrected chi connectivity index (χ0v) is 15.0. The number of aromatic hydroxyl groups is 1. The second-order valence-electron chi connectivity index (χ2n) is 6.94. The van der Waals surface area contributed by atoms with Crippen LogP contribution in [-0.4, -0.2) is 52.4 Å². The van der Waals surface area contributed by atoms with Gasteiger partial charge >= 0.3 is 0 Å². The highest BCUT2D eigenvalue weighted by Crippen LogP contribution is 2.33. The summed E-state index contributed by atoms with van der Waals surface area (Å²) in [5.74, 6) is -0.240. The van der Waals surface area contributed by atoms with E-state index in [0.717, 1.165) is 74.0 Å². The average Bonchev–Trinajstić information content (AvgIpc) is 2.93. The summed E-state index contributed by atoms with van der Waals surface area (Å²) < 4.78 is 21.4. The van der Waals surface area contributed by atoms with Crippen LogP contribution in [0.3, 0.4) is 0 Å². The number of halogens is 1. The molecular formula is C20H24FN3O2. The average molecular weight is 357 g/mol. The van der Waals surface area contributed by atoms with Crippen molar-refractivity contribution in [1.29, 1.82) is 0 Å². The van der Waals surface area contributed by atoms with E-state index in [9.17, 15) is 9.50 Å². The van der Waals surface area contributed by atoms with Gasteiger partial charge in [-0.3, -0.25) is 4.90 Å². The van der Waals surface area contributed by atoms with E-state index < -0.39 is 5.95 Å². The first-order chi connectivity index (χ1) is 12.6. The summed E-state index contributed by atoms with van der Waals surface area (Å²) in [4.78, 5) is 6.44. The van der Waals surface area contributed by atoms with Crippen molar-refractivity contribution in [3.05, 3.63) is 35.9 Å². The van der Waals surface area contributed by atoms with E-state index in [-0.39, 0.29) is 5.75 Å². The van der Waals surface area contributed by atoms with E-state index in [4.69, 9.17) is 4.74 Å². The molecule has 0 unspecified atom stereocenters. The number of fused-ring (bicyclic) bond motifs is 3. The van der Waals surface area contributed by atoms with Crippen molar-refractivity contribution in [1.82, 2.24) is 14.5 Å². The molecule has 0 radical (unpaired) electrons. The van der Waals surface area contributed by atoms with Gasteiger partial charge in [-0.15, -0.1) is 0 Å². The molecule has 0 spiro atoms. The number of unbranched alkanes of at least 4 members (excludes halogenated alkanes) is 1. The quantitative estimate of drug-likeness (QED) is 0.561. The molecule has 26 heavy (non-hydrogen) atoms.